The highest BCUT2D eigenvalue weighted by molar-refractivity contribution is 5.85. The second kappa shape index (κ2) is 11.9. The number of esters is 1. The van der Waals surface area contributed by atoms with Gasteiger partial charge >= 0.3 is 11.9 Å². The third kappa shape index (κ3) is 10.3. The van der Waals surface area contributed by atoms with Gasteiger partial charge in [0.2, 0.25) is 0 Å². The lowest BCUT2D eigenvalue weighted by Gasteiger charge is -2.00. The second-order valence-corrected chi connectivity index (χ2v) is 3.02. The molecule has 0 bridgehead atoms. The number of hydrogen-bond donors (Lipinski definition) is 4. The van der Waals surface area contributed by atoms with E-state index in [0.29, 0.717) is 13.0 Å². The summed E-state index contributed by atoms with van der Waals surface area (Å²) in [6, 6.07) is -1.26. The number of ether oxygens (including phenoxy) is 1. The number of carboxylic acids is 1. The van der Waals surface area contributed by atoms with E-state index in [1.165, 1.54) is 0 Å². The van der Waals surface area contributed by atoms with E-state index in [9.17, 15) is 9.59 Å². The van der Waals surface area contributed by atoms with Gasteiger partial charge in [-0.1, -0.05) is 0 Å². The fraction of sp³-hybridized carbons (Fsp3) is 0.750. The van der Waals surface area contributed by atoms with Crippen LogP contribution >= 0.6 is 24.8 Å². The topological polar surface area (TPSA) is 136 Å². The van der Waals surface area contributed by atoms with Crippen molar-refractivity contribution in [1.29, 1.82) is 0 Å². The molecule has 2 atom stereocenters. The molecule has 0 saturated carbocycles. The molecule has 0 aromatic carbocycles. The van der Waals surface area contributed by atoms with Crippen molar-refractivity contribution in [3.63, 3.8) is 0 Å². The molecule has 1 aliphatic rings. The zero-order valence-electron chi connectivity index (χ0n) is 9.07. The predicted molar refractivity (Wildman–Crippen MR) is 65.4 cm³/mol. The van der Waals surface area contributed by atoms with Gasteiger partial charge in [-0.05, 0) is 6.42 Å². The first-order valence-electron chi connectivity index (χ1n) is 4.50. The van der Waals surface area contributed by atoms with E-state index in [2.05, 4.69) is 4.74 Å². The lowest BCUT2D eigenvalue weighted by molar-refractivity contribution is -0.139. The van der Waals surface area contributed by atoms with Crippen molar-refractivity contribution in [3.05, 3.63) is 0 Å². The minimum absolute atomic E-state index is 0. The molecular formula is C8H18Cl2N2O5. The number of hydrogen-bond acceptors (Lipinski definition) is 6. The van der Waals surface area contributed by atoms with Crippen molar-refractivity contribution in [2.24, 2.45) is 11.5 Å². The SMILES string of the molecule is Cl.Cl.NC(CCO)C(=O)O.NC1CCOC1=O. The minimum Gasteiger partial charge on any atom is -0.480 e. The van der Waals surface area contributed by atoms with Crippen LogP contribution in [0, 0.1) is 0 Å². The molecule has 1 aliphatic heterocycles. The van der Waals surface area contributed by atoms with Crippen LogP contribution in [-0.2, 0) is 14.3 Å². The summed E-state index contributed by atoms with van der Waals surface area (Å²) in [6.45, 7) is 0.327. The summed E-state index contributed by atoms with van der Waals surface area (Å²) in [4.78, 5) is 20.1. The van der Waals surface area contributed by atoms with Crippen LogP contribution in [0.15, 0.2) is 0 Å². The number of carbonyl (C=O) groups is 2. The van der Waals surface area contributed by atoms with Gasteiger partial charge in [-0.15, -0.1) is 24.8 Å². The van der Waals surface area contributed by atoms with Crippen LogP contribution in [0.25, 0.3) is 0 Å². The standard InChI is InChI=1S/C4H9NO3.C4H7NO2.2ClH/c5-3(1-2-6)4(7)8;5-3-1-2-7-4(3)6;;/h3,6H,1-2,5H2,(H,7,8);3H,1-2,5H2;2*1H. The maximum absolute atomic E-state index is 10.2. The van der Waals surface area contributed by atoms with E-state index in [1.807, 2.05) is 0 Å². The normalized spacial score (nSPS) is 18.8. The van der Waals surface area contributed by atoms with Crippen molar-refractivity contribution >= 4 is 36.8 Å². The summed E-state index contributed by atoms with van der Waals surface area (Å²) in [6.07, 6.45) is 0.800. The third-order valence-corrected chi connectivity index (χ3v) is 1.73. The van der Waals surface area contributed by atoms with Crippen molar-refractivity contribution < 1.29 is 24.5 Å². The van der Waals surface area contributed by atoms with Gasteiger partial charge in [0, 0.05) is 13.0 Å². The molecule has 0 amide bonds. The van der Waals surface area contributed by atoms with Crippen LogP contribution in [0.5, 0.6) is 0 Å². The Hall–Kier alpha value is -0.600. The van der Waals surface area contributed by atoms with E-state index in [0.717, 1.165) is 0 Å². The average molecular weight is 293 g/mol. The van der Waals surface area contributed by atoms with Crippen LogP contribution in [-0.4, -0.2) is 47.4 Å². The molecule has 0 aromatic rings. The fourth-order valence-corrected chi connectivity index (χ4v) is 0.774. The first-order chi connectivity index (χ1) is 6.99. The van der Waals surface area contributed by atoms with Gasteiger partial charge in [-0.2, -0.15) is 0 Å². The molecule has 0 spiro atoms. The number of aliphatic hydroxyl groups is 1. The molecule has 7 nitrogen and oxygen atoms in total. The Morgan fingerprint density at radius 1 is 1.53 bits per heavy atom. The van der Waals surface area contributed by atoms with Crippen LogP contribution < -0.4 is 11.5 Å². The first kappa shape index (κ1) is 21.7. The molecule has 1 rings (SSSR count). The smallest absolute Gasteiger partial charge is 0.323 e. The van der Waals surface area contributed by atoms with E-state index in [1.54, 1.807) is 0 Å². The van der Waals surface area contributed by atoms with E-state index in [4.69, 9.17) is 21.7 Å². The number of aliphatic hydroxyl groups excluding tert-OH is 1. The van der Waals surface area contributed by atoms with Gasteiger partial charge in [0.15, 0.2) is 0 Å². The number of aliphatic carboxylic acids is 1. The molecule has 17 heavy (non-hydrogen) atoms. The van der Waals surface area contributed by atoms with Crippen LogP contribution in [0.2, 0.25) is 0 Å². The summed E-state index contributed by atoms with van der Waals surface area (Å²) in [7, 11) is 0. The van der Waals surface area contributed by atoms with Crippen molar-refractivity contribution in [2.75, 3.05) is 13.2 Å². The molecule has 1 saturated heterocycles. The molecule has 104 valence electrons. The number of halogens is 2. The van der Waals surface area contributed by atoms with Crippen LogP contribution in [0.3, 0.4) is 0 Å². The fourth-order valence-electron chi connectivity index (χ4n) is 0.774. The quantitative estimate of drug-likeness (QED) is 0.484. The molecule has 0 aliphatic carbocycles. The number of rotatable bonds is 3. The second-order valence-electron chi connectivity index (χ2n) is 3.02. The summed E-state index contributed by atoms with van der Waals surface area (Å²) in [5.74, 6) is -1.33. The van der Waals surface area contributed by atoms with Gasteiger partial charge in [-0.3, -0.25) is 9.59 Å². The molecule has 0 aromatic heterocycles. The van der Waals surface area contributed by atoms with Crippen molar-refractivity contribution in [1.82, 2.24) is 0 Å². The Morgan fingerprint density at radius 3 is 2.18 bits per heavy atom. The molecule has 0 radical (unpaired) electrons. The van der Waals surface area contributed by atoms with Crippen molar-refractivity contribution in [3.8, 4) is 0 Å². The number of carboxylic acid groups (broad SMARTS) is 1. The Bertz CT molecular complexity index is 230. The molecular weight excluding hydrogens is 275 g/mol. The predicted octanol–water partition coefficient (Wildman–Crippen LogP) is -1.12. The maximum Gasteiger partial charge on any atom is 0.323 e. The summed E-state index contributed by atoms with van der Waals surface area (Å²) in [5, 5.41) is 16.2. The molecule has 1 heterocycles. The van der Waals surface area contributed by atoms with Crippen molar-refractivity contribution in [2.45, 2.75) is 24.9 Å². The van der Waals surface area contributed by atoms with E-state index >= 15 is 0 Å². The molecule has 1 fully saturated rings. The Morgan fingerprint density at radius 2 is 2.06 bits per heavy atom. The summed E-state index contributed by atoms with van der Waals surface area (Å²) >= 11 is 0. The third-order valence-electron chi connectivity index (χ3n) is 1.73. The molecule has 9 heteroatoms. The highest BCUT2D eigenvalue weighted by atomic mass is 35.5. The van der Waals surface area contributed by atoms with E-state index in [-0.39, 0.29) is 49.9 Å². The first-order valence-corrected chi connectivity index (χ1v) is 4.50. The largest absolute Gasteiger partial charge is 0.480 e. The minimum atomic E-state index is -1.07. The maximum atomic E-state index is 10.2. The van der Waals surface area contributed by atoms with Gasteiger partial charge in [0.1, 0.15) is 12.1 Å². The Balaban J connectivity index is -0.000000207. The van der Waals surface area contributed by atoms with Crippen LogP contribution in [0.4, 0.5) is 0 Å². The highest BCUT2D eigenvalue weighted by Gasteiger charge is 2.21. The zero-order chi connectivity index (χ0) is 11.8. The van der Waals surface area contributed by atoms with Gasteiger partial charge in [-0.25, -0.2) is 0 Å². The number of cyclic esters (lactones) is 1. The monoisotopic (exact) mass is 292 g/mol. The van der Waals surface area contributed by atoms with Crippen LogP contribution in [0.1, 0.15) is 12.8 Å². The summed E-state index contributed by atoms with van der Waals surface area (Å²) < 4.78 is 4.50. The lowest BCUT2D eigenvalue weighted by atomic mass is 10.2. The highest BCUT2D eigenvalue weighted by Crippen LogP contribution is 2.00. The van der Waals surface area contributed by atoms with E-state index < -0.39 is 12.0 Å². The lowest BCUT2D eigenvalue weighted by Crippen LogP contribution is -2.30. The van der Waals surface area contributed by atoms with Gasteiger partial charge in [0.25, 0.3) is 0 Å². The van der Waals surface area contributed by atoms with Gasteiger partial charge < -0.3 is 26.4 Å². The number of nitrogens with two attached hydrogens (primary N) is 2. The van der Waals surface area contributed by atoms with Gasteiger partial charge in [0.05, 0.1) is 6.61 Å². The molecule has 2 unspecified atom stereocenters. The molecule has 6 N–H and O–H groups in total. The zero-order valence-corrected chi connectivity index (χ0v) is 10.7. The Labute approximate surface area is 111 Å². The average Bonchev–Trinajstić information content (AvgIpc) is 2.52. The Kier molecular flexibility index (Phi) is 15.1. The summed E-state index contributed by atoms with van der Waals surface area (Å²) in [5.41, 5.74) is 10.2. The number of carbonyl (C=O) groups excluding carboxylic acids is 1.